The zero-order valence-electron chi connectivity index (χ0n) is 11.2. The van der Waals surface area contributed by atoms with Gasteiger partial charge in [0.1, 0.15) is 5.76 Å². The first kappa shape index (κ1) is 14.7. The number of anilines is 1. The molecule has 1 aromatic carbocycles. The number of nitrogens with one attached hydrogen (secondary N) is 2. The third-order valence-electron chi connectivity index (χ3n) is 2.78. The molecular formula is C14H15N3O4. The molecule has 2 rings (SSSR count). The van der Waals surface area contributed by atoms with Gasteiger partial charge in [-0.3, -0.25) is 14.8 Å². The molecule has 3 N–H and O–H groups in total. The quantitative estimate of drug-likeness (QED) is 0.555. The van der Waals surface area contributed by atoms with E-state index in [-0.39, 0.29) is 11.6 Å². The van der Waals surface area contributed by atoms with E-state index in [0.29, 0.717) is 25.0 Å². The van der Waals surface area contributed by atoms with Gasteiger partial charge >= 0.3 is 0 Å². The van der Waals surface area contributed by atoms with E-state index in [1.807, 2.05) is 30.3 Å². The van der Waals surface area contributed by atoms with Crippen LogP contribution in [-0.2, 0) is 11.2 Å². The van der Waals surface area contributed by atoms with Crippen molar-refractivity contribution in [2.45, 2.75) is 19.3 Å². The standard InChI is InChI=1S/C14H15N3O4/c18-13(15-10-5-2-1-3-6-10)8-4-7-11-9-12(17-21-11)14(19)16-20/h1-3,5-6,9,20H,4,7-8H2,(H,15,18)(H,16,19). The van der Waals surface area contributed by atoms with E-state index in [0.717, 1.165) is 5.69 Å². The Bertz CT molecular complexity index is 610. The van der Waals surface area contributed by atoms with Crippen molar-refractivity contribution < 1.29 is 19.3 Å². The van der Waals surface area contributed by atoms with Crippen molar-refractivity contribution in [3.05, 3.63) is 47.9 Å². The molecule has 0 saturated heterocycles. The molecule has 0 unspecified atom stereocenters. The summed E-state index contributed by atoms with van der Waals surface area (Å²) in [5.74, 6) is -0.332. The second-order valence-electron chi connectivity index (χ2n) is 4.39. The van der Waals surface area contributed by atoms with Crippen LogP contribution in [-0.4, -0.2) is 22.2 Å². The van der Waals surface area contributed by atoms with E-state index >= 15 is 0 Å². The molecule has 0 aliphatic rings. The molecule has 0 bridgehead atoms. The van der Waals surface area contributed by atoms with Crippen LogP contribution in [0.5, 0.6) is 0 Å². The van der Waals surface area contributed by atoms with Crippen molar-refractivity contribution in [2.75, 3.05) is 5.32 Å². The normalized spacial score (nSPS) is 10.1. The van der Waals surface area contributed by atoms with E-state index in [9.17, 15) is 9.59 Å². The molecular weight excluding hydrogens is 274 g/mol. The molecule has 7 nitrogen and oxygen atoms in total. The van der Waals surface area contributed by atoms with Gasteiger partial charge in [-0.05, 0) is 18.6 Å². The van der Waals surface area contributed by atoms with Gasteiger partial charge in [0.2, 0.25) is 5.91 Å². The van der Waals surface area contributed by atoms with Crippen LogP contribution >= 0.6 is 0 Å². The lowest BCUT2D eigenvalue weighted by Gasteiger charge is -2.03. The first-order valence-electron chi connectivity index (χ1n) is 6.44. The van der Waals surface area contributed by atoms with Gasteiger partial charge in [-0.2, -0.15) is 0 Å². The minimum atomic E-state index is -0.730. The van der Waals surface area contributed by atoms with Crippen molar-refractivity contribution in [1.29, 1.82) is 0 Å². The van der Waals surface area contributed by atoms with E-state index in [1.54, 1.807) is 0 Å². The lowest BCUT2D eigenvalue weighted by Crippen LogP contribution is -2.18. The second-order valence-corrected chi connectivity index (χ2v) is 4.39. The minimum absolute atomic E-state index is 0.00115. The summed E-state index contributed by atoms with van der Waals surface area (Å²) in [5.41, 5.74) is 2.23. The van der Waals surface area contributed by atoms with Crippen LogP contribution in [0, 0.1) is 0 Å². The number of carbonyl (C=O) groups excluding carboxylic acids is 2. The number of carbonyl (C=O) groups is 2. The van der Waals surface area contributed by atoms with Gasteiger partial charge in [-0.15, -0.1) is 0 Å². The van der Waals surface area contributed by atoms with Gasteiger partial charge in [-0.1, -0.05) is 23.4 Å². The number of aromatic nitrogens is 1. The molecule has 2 amide bonds. The van der Waals surface area contributed by atoms with E-state index < -0.39 is 5.91 Å². The smallest absolute Gasteiger partial charge is 0.296 e. The second kappa shape index (κ2) is 7.20. The average Bonchev–Trinajstić information content (AvgIpc) is 2.96. The van der Waals surface area contributed by atoms with Crippen molar-refractivity contribution in [2.24, 2.45) is 0 Å². The van der Waals surface area contributed by atoms with Crippen LogP contribution in [0.3, 0.4) is 0 Å². The molecule has 7 heteroatoms. The van der Waals surface area contributed by atoms with Crippen LogP contribution in [0.1, 0.15) is 29.1 Å². The molecule has 110 valence electrons. The maximum absolute atomic E-state index is 11.7. The summed E-state index contributed by atoms with van der Waals surface area (Å²) < 4.78 is 4.93. The number of rotatable bonds is 6. The van der Waals surface area contributed by atoms with E-state index in [2.05, 4.69) is 10.5 Å². The summed E-state index contributed by atoms with van der Waals surface area (Å²) in [5, 5.41) is 14.7. The lowest BCUT2D eigenvalue weighted by molar-refractivity contribution is -0.116. The van der Waals surface area contributed by atoms with Gasteiger partial charge in [0.15, 0.2) is 5.69 Å². The van der Waals surface area contributed by atoms with Gasteiger partial charge in [0.05, 0.1) is 0 Å². The highest BCUT2D eigenvalue weighted by Crippen LogP contribution is 2.10. The SMILES string of the molecule is O=C(CCCc1cc(C(=O)NO)no1)Nc1ccccc1. The number of hydroxylamine groups is 1. The van der Waals surface area contributed by atoms with Crippen LogP contribution < -0.4 is 10.8 Å². The number of nitrogens with zero attached hydrogens (tertiary/aromatic N) is 1. The van der Waals surface area contributed by atoms with Crippen LogP contribution in [0.15, 0.2) is 40.9 Å². The van der Waals surface area contributed by atoms with Crippen LogP contribution in [0.2, 0.25) is 0 Å². The molecule has 0 radical (unpaired) electrons. The minimum Gasteiger partial charge on any atom is -0.361 e. The molecule has 1 aromatic heterocycles. The number of hydrogen-bond donors (Lipinski definition) is 3. The van der Waals surface area contributed by atoms with Gasteiger partial charge in [-0.25, -0.2) is 5.48 Å². The molecule has 0 saturated carbocycles. The van der Waals surface area contributed by atoms with Crippen molar-refractivity contribution in [3.8, 4) is 0 Å². The monoisotopic (exact) mass is 289 g/mol. The Hall–Kier alpha value is -2.67. The molecule has 0 atom stereocenters. The lowest BCUT2D eigenvalue weighted by atomic mass is 10.2. The molecule has 0 fully saturated rings. The Balaban J connectivity index is 1.75. The zero-order valence-corrected chi connectivity index (χ0v) is 11.2. The summed E-state index contributed by atoms with van der Waals surface area (Å²) in [6, 6.07) is 10.6. The molecule has 0 spiro atoms. The number of aryl methyl sites for hydroxylation is 1. The van der Waals surface area contributed by atoms with E-state index in [1.165, 1.54) is 11.5 Å². The average molecular weight is 289 g/mol. The zero-order chi connectivity index (χ0) is 15.1. The highest BCUT2D eigenvalue weighted by molar-refractivity contribution is 5.91. The summed E-state index contributed by atoms with van der Waals surface area (Å²) in [6.45, 7) is 0. The number of benzene rings is 1. The Labute approximate surface area is 120 Å². The maximum atomic E-state index is 11.7. The number of amides is 2. The Kier molecular flexibility index (Phi) is 5.05. The third kappa shape index (κ3) is 4.43. The van der Waals surface area contributed by atoms with E-state index in [4.69, 9.17) is 9.73 Å². The van der Waals surface area contributed by atoms with Crippen LogP contribution in [0.25, 0.3) is 0 Å². The molecule has 21 heavy (non-hydrogen) atoms. The van der Waals surface area contributed by atoms with Crippen molar-refractivity contribution in [3.63, 3.8) is 0 Å². The highest BCUT2D eigenvalue weighted by Gasteiger charge is 2.11. The number of para-hydroxylation sites is 1. The predicted molar refractivity (Wildman–Crippen MR) is 73.8 cm³/mol. The van der Waals surface area contributed by atoms with Crippen molar-refractivity contribution >= 4 is 17.5 Å². The summed E-state index contributed by atoms with van der Waals surface area (Å²) in [7, 11) is 0. The molecule has 0 aliphatic carbocycles. The molecule has 1 heterocycles. The van der Waals surface area contributed by atoms with Gasteiger partial charge in [0, 0.05) is 24.6 Å². The topological polar surface area (TPSA) is 104 Å². The Morgan fingerprint density at radius 3 is 2.71 bits per heavy atom. The van der Waals surface area contributed by atoms with Crippen LogP contribution in [0.4, 0.5) is 5.69 Å². The summed E-state index contributed by atoms with van der Waals surface area (Å²) >= 11 is 0. The third-order valence-corrected chi connectivity index (χ3v) is 2.78. The Morgan fingerprint density at radius 2 is 2.00 bits per heavy atom. The first-order chi connectivity index (χ1) is 10.2. The maximum Gasteiger partial charge on any atom is 0.296 e. The summed E-state index contributed by atoms with van der Waals surface area (Å²) in [6.07, 6.45) is 1.37. The first-order valence-corrected chi connectivity index (χ1v) is 6.44. The molecule has 2 aromatic rings. The van der Waals surface area contributed by atoms with Crippen molar-refractivity contribution in [1.82, 2.24) is 10.6 Å². The Morgan fingerprint density at radius 1 is 1.24 bits per heavy atom. The number of hydrogen-bond acceptors (Lipinski definition) is 5. The fraction of sp³-hybridized carbons (Fsp3) is 0.214. The fourth-order valence-corrected chi connectivity index (χ4v) is 1.76. The molecule has 0 aliphatic heterocycles. The largest absolute Gasteiger partial charge is 0.361 e. The predicted octanol–water partition coefficient (Wildman–Crippen LogP) is 1.75. The summed E-state index contributed by atoms with van der Waals surface area (Å²) in [4.78, 5) is 22.8. The van der Waals surface area contributed by atoms with Gasteiger partial charge < -0.3 is 9.84 Å². The van der Waals surface area contributed by atoms with Gasteiger partial charge in [0.25, 0.3) is 5.91 Å². The fourth-order valence-electron chi connectivity index (χ4n) is 1.76. The highest BCUT2D eigenvalue weighted by atomic mass is 16.5.